The highest BCUT2D eigenvalue weighted by atomic mass is 28.4. The van der Waals surface area contributed by atoms with Crippen LogP contribution in [0.4, 0.5) is 4.79 Å². The maximum atomic E-state index is 13.1. The first-order valence-electron chi connectivity index (χ1n) is 12.1. The van der Waals surface area contributed by atoms with E-state index in [1.54, 1.807) is 24.0 Å². The van der Waals surface area contributed by atoms with Crippen molar-refractivity contribution in [3.63, 3.8) is 0 Å². The van der Waals surface area contributed by atoms with Crippen molar-refractivity contribution in [2.75, 3.05) is 13.2 Å². The van der Waals surface area contributed by atoms with E-state index in [-0.39, 0.29) is 36.3 Å². The fourth-order valence-electron chi connectivity index (χ4n) is 3.75. The standard InChI is InChI=1S/C26H43NO6Si/c1-10-31-23(29)16-22(28)19-13-11-18(12-14-19)21-15-20(33-34(8,9)26(5,6)7)17-27(21)24(30)32-25(2,3)4/h11-14,20-22,28H,10,15-17H2,1-9H3/t20-,21-,22+/m1/s1. The molecular weight excluding hydrogens is 450 g/mol. The van der Waals surface area contributed by atoms with Gasteiger partial charge in [0.1, 0.15) is 5.60 Å². The van der Waals surface area contributed by atoms with Crippen molar-refractivity contribution in [3.05, 3.63) is 35.4 Å². The Labute approximate surface area is 205 Å². The van der Waals surface area contributed by atoms with Crippen LogP contribution in [0.15, 0.2) is 24.3 Å². The molecule has 2 rings (SSSR count). The van der Waals surface area contributed by atoms with E-state index in [1.807, 2.05) is 32.9 Å². The molecule has 34 heavy (non-hydrogen) atoms. The fourth-order valence-corrected chi connectivity index (χ4v) is 5.11. The Morgan fingerprint density at radius 3 is 2.21 bits per heavy atom. The number of carbonyl (C=O) groups excluding carboxylic acids is 2. The number of hydrogen-bond acceptors (Lipinski definition) is 6. The average Bonchev–Trinajstić information content (AvgIpc) is 3.09. The minimum Gasteiger partial charge on any atom is -0.466 e. The Hall–Kier alpha value is -1.90. The lowest BCUT2D eigenvalue weighted by atomic mass is 9.99. The molecule has 1 aromatic rings. The lowest BCUT2D eigenvalue weighted by Gasteiger charge is -2.38. The summed E-state index contributed by atoms with van der Waals surface area (Å²) in [5, 5.41) is 10.5. The van der Waals surface area contributed by atoms with Crippen molar-refractivity contribution in [2.45, 2.75) is 103 Å². The first-order valence-corrected chi connectivity index (χ1v) is 15.1. The van der Waals surface area contributed by atoms with Gasteiger partial charge in [-0.1, -0.05) is 45.0 Å². The first kappa shape index (κ1) is 28.3. The van der Waals surface area contributed by atoms with Crippen LogP contribution >= 0.6 is 0 Å². The van der Waals surface area contributed by atoms with E-state index in [2.05, 4.69) is 33.9 Å². The van der Waals surface area contributed by atoms with Crippen LogP contribution in [0.2, 0.25) is 18.1 Å². The van der Waals surface area contributed by atoms with Crippen LogP contribution in [-0.4, -0.2) is 55.2 Å². The topological polar surface area (TPSA) is 85.3 Å². The predicted octanol–water partition coefficient (Wildman–Crippen LogP) is 5.75. The summed E-state index contributed by atoms with van der Waals surface area (Å²) in [7, 11) is -2.01. The monoisotopic (exact) mass is 493 g/mol. The second-order valence-corrected chi connectivity index (χ2v) is 16.3. The van der Waals surface area contributed by atoms with Crippen LogP contribution in [0.25, 0.3) is 0 Å². The number of likely N-dealkylation sites (tertiary alicyclic amines) is 1. The lowest BCUT2D eigenvalue weighted by Crippen LogP contribution is -2.45. The third kappa shape index (κ3) is 7.55. The molecule has 0 spiro atoms. The summed E-state index contributed by atoms with van der Waals surface area (Å²) in [5.41, 5.74) is 0.980. The SMILES string of the molecule is CCOC(=O)C[C@H](O)c1ccc([C@H]2C[C@@H](O[Si](C)(C)C(C)(C)C)CN2C(=O)OC(C)(C)C)cc1. The molecule has 0 unspecified atom stereocenters. The molecule has 1 aromatic carbocycles. The second kappa shape index (κ2) is 10.8. The quantitative estimate of drug-likeness (QED) is 0.385. The van der Waals surface area contributed by atoms with Gasteiger partial charge in [0.2, 0.25) is 0 Å². The molecule has 7 nitrogen and oxygen atoms in total. The van der Waals surface area contributed by atoms with Crippen molar-refractivity contribution >= 4 is 20.4 Å². The fraction of sp³-hybridized carbons (Fsp3) is 0.692. The molecule has 3 atom stereocenters. The summed E-state index contributed by atoms with van der Waals surface area (Å²) in [5.74, 6) is -0.434. The minimum atomic E-state index is -2.01. The van der Waals surface area contributed by atoms with Gasteiger partial charge < -0.3 is 19.0 Å². The molecule has 0 bridgehead atoms. The molecule has 8 heteroatoms. The van der Waals surface area contributed by atoms with Gasteiger partial charge >= 0.3 is 12.1 Å². The number of esters is 1. The minimum absolute atomic E-state index is 0.0680. The maximum Gasteiger partial charge on any atom is 0.410 e. The summed E-state index contributed by atoms with van der Waals surface area (Å²) in [6.45, 7) is 19.1. The molecule has 192 valence electrons. The lowest BCUT2D eigenvalue weighted by molar-refractivity contribution is -0.145. The zero-order valence-corrected chi connectivity index (χ0v) is 23.3. The number of ether oxygens (including phenoxy) is 2. The van der Waals surface area contributed by atoms with Gasteiger partial charge in [-0.05, 0) is 63.4 Å². The normalized spacial score (nSPS) is 20.2. The van der Waals surface area contributed by atoms with E-state index in [0.717, 1.165) is 5.56 Å². The third-order valence-electron chi connectivity index (χ3n) is 6.53. The molecule has 0 saturated carbocycles. The number of nitrogens with zero attached hydrogens (tertiary/aromatic N) is 1. The molecule has 0 radical (unpaired) electrons. The summed E-state index contributed by atoms with van der Waals surface area (Å²) in [4.78, 5) is 26.5. The third-order valence-corrected chi connectivity index (χ3v) is 11.1. The van der Waals surface area contributed by atoms with Gasteiger partial charge in [-0.2, -0.15) is 0 Å². The number of benzene rings is 1. The number of hydrogen-bond donors (Lipinski definition) is 1. The summed E-state index contributed by atoms with van der Waals surface area (Å²) in [6.07, 6.45) is -0.787. The van der Waals surface area contributed by atoms with E-state index in [1.165, 1.54) is 0 Å². The Kier molecular flexibility index (Phi) is 8.99. The average molecular weight is 494 g/mol. The van der Waals surface area contributed by atoms with Crippen LogP contribution in [0.3, 0.4) is 0 Å². The summed E-state index contributed by atoms with van der Waals surface area (Å²) < 4.78 is 17.3. The smallest absolute Gasteiger partial charge is 0.410 e. The molecular formula is C26H43NO6Si. The number of amides is 1. The molecule has 1 saturated heterocycles. The zero-order valence-electron chi connectivity index (χ0n) is 22.3. The van der Waals surface area contributed by atoms with Crippen LogP contribution in [0.5, 0.6) is 0 Å². The zero-order chi connectivity index (χ0) is 25.9. The van der Waals surface area contributed by atoms with Crippen LogP contribution in [0.1, 0.15) is 84.6 Å². The second-order valence-electron chi connectivity index (χ2n) is 11.6. The van der Waals surface area contributed by atoms with Gasteiger partial charge in [0.15, 0.2) is 8.32 Å². The van der Waals surface area contributed by atoms with Gasteiger partial charge in [-0.15, -0.1) is 0 Å². The maximum absolute atomic E-state index is 13.1. The molecule has 1 aliphatic heterocycles. The highest BCUT2D eigenvalue weighted by molar-refractivity contribution is 6.74. The largest absolute Gasteiger partial charge is 0.466 e. The summed E-state index contributed by atoms with van der Waals surface area (Å²) in [6, 6.07) is 7.21. The Morgan fingerprint density at radius 2 is 1.71 bits per heavy atom. The number of aliphatic hydroxyl groups is 1. The number of carbonyl (C=O) groups is 2. The Balaban J connectivity index is 2.24. The summed E-state index contributed by atoms with van der Waals surface area (Å²) >= 11 is 0. The van der Waals surface area contributed by atoms with Crippen LogP contribution < -0.4 is 0 Å². The molecule has 1 fully saturated rings. The van der Waals surface area contributed by atoms with Crippen molar-refractivity contribution in [1.82, 2.24) is 4.90 Å². The van der Waals surface area contributed by atoms with Crippen molar-refractivity contribution < 1.29 is 28.6 Å². The van der Waals surface area contributed by atoms with Crippen molar-refractivity contribution in [1.29, 1.82) is 0 Å². The molecule has 1 amide bonds. The number of aliphatic hydroxyl groups excluding tert-OH is 1. The molecule has 0 aromatic heterocycles. The number of rotatable bonds is 7. The molecule has 0 aliphatic carbocycles. The highest BCUT2D eigenvalue weighted by Gasteiger charge is 2.44. The van der Waals surface area contributed by atoms with Crippen LogP contribution in [-0.2, 0) is 18.7 Å². The first-order chi connectivity index (χ1) is 15.5. The van der Waals surface area contributed by atoms with E-state index in [4.69, 9.17) is 13.9 Å². The highest BCUT2D eigenvalue weighted by Crippen LogP contribution is 2.41. The van der Waals surface area contributed by atoms with E-state index in [9.17, 15) is 14.7 Å². The molecule has 1 heterocycles. The van der Waals surface area contributed by atoms with Crippen LogP contribution in [0, 0.1) is 0 Å². The molecule has 1 N–H and O–H groups in total. The Bertz CT molecular complexity index is 840. The van der Waals surface area contributed by atoms with E-state index < -0.39 is 26.0 Å². The Morgan fingerprint density at radius 1 is 1.12 bits per heavy atom. The van der Waals surface area contributed by atoms with E-state index >= 15 is 0 Å². The van der Waals surface area contributed by atoms with Crippen molar-refractivity contribution in [3.8, 4) is 0 Å². The van der Waals surface area contributed by atoms with Gasteiger partial charge in [0.05, 0.1) is 31.3 Å². The van der Waals surface area contributed by atoms with Gasteiger partial charge in [-0.25, -0.2) is 4.79 Å². The van der Waals surface area contributed by atoms with Gasteiger partial charge in [-0.3, -0.25) is 9.69 Å². The van der Waals surface area contributed by atoms with Crippen molar-refractivity contribution in [2.24, 2.45) is 0 Å². The predicted molar refractivity (Wildman–Crippen MR) is 135 cm³/mol. The molecule has 1 aliphatic rings. The van der Waals surface area contributed by atoms with Gasteiger partial charge in [0.25, 0.3) is 0 Å². The van der Waals surface area contributed by atoms with E-state index in [0.29, 0.717) is 18.5 Å². The van der Waals surface area contributed by atoms with Gasteiger partial charge in [0, 0.05) is 6.54 Å².